The molecule has 0 aromatic heterocycles. The van der Waals surface area contributed by atoms with Gasteiger partial charge in [-0.05, 0) is 30.7 Å². The van der Waals surface area contributed by atoms with Crippen LogP contribution in [0.15, 0.2) is 36.4 Å². The largest absolute Gasteiger partial charge is 0.483 e. The van der Waals surface area contributed by atoms with Gasteiger partial charge in [-0.2, -0.15) is 0 Å². The molecule has 0 spiro atoms. The molecule has 0 bridgehead atoms. The number of carbonyl (C=O) groups is 2. The number of hydrogen-bond acceptors (Lipinski definition) is 3. The van der Waals surface area contributed by atoms with Crippen LogP contribution in [0, 0.1) is 6.92 Å². The lowest BCUT2D eigenvalue weighted by atomic mass is 10.0. The maximum absolute atomic E-state index is 12.7. The molecule has 1 aliphatic rings. The molecule has 24 heavy (non-hydrogen) atoms. The number of rotatable bonds is 2. The van der Waals surface area contributed by atoms with Crippen molar-refractivity contribution < 1.29 is 14.3 Å². The van der Waals surface area contributed by atoms with Crippen LogP contribution in [0.3, 0.4) is 0 Å². The number of amides is 2. The Hall–Kier alpha value is -2.24. The van der Waals surface area contributed by atoms with Crippen molar-refractivity contribution in [1.29, 1.82) is 0 Å². The van der Waals surface area contributed by atoms with Gasteiger partial charge in [0.15, 0.2) is 6.61 Å². The summed E-state index contributed by atoms with van der Waals surface area (Å²) in [7, 11) is 0. The second-order valence-corrected chi connectivity index (χ2v) is 6.22. The highest BCUT2D eigenvalue weighted by Crippen LogP contribution is 2.32. The molecule has 1 unspecified atom stereocenters. The minimum absolute atomic E-state index is 0.131. The SMILES string of the molecule is Cc1cccc2c1OCC(=O)NC2C(=O)Nc1ccc(Cl)c(Cl)c1. The molecule has 0 radical (unpaired) electrons. The molecule has 2 aromatic rings. The summed E-state index contributed by atoms with van der Waals surface area (Å²) in [5, 5.41) is 6.14. The minimum Gasteiger partial charge on any atom is -0.483 e. The van der Waals surface area contributed by atoms with Crippen LogP contribution in [0.1, 0.15) is 17.2 Å². The van der Waals surface area contributed by atoms with Crippen molar-refractivity contribution in [3.8, 4) is 5.75 Å². The van der Waals surface area contributed by atoms with Crippen molar-refractivity contribution >= 4 is 40.7 Å². The summed E-state index contributed by atoms with van der Waals surface area (Å²) in [5.41, 5.74) is 1.96. The second kappa shape index (κ2) is 6.71. The number of anilines is 1. The smallest absolute Gasteiger partial charge is 0.258 e. The second-order valence-electron chi connectivity index (χ2n) is 5.40. The number of fused-ring (bicyclic) bond motifs is 1. The van der Waals surface area contributed by atoms with Gasteiger partial charge in [-0.3, -0.25) is 9.59 Å². The van der Waals surface area contributed by atoms with Crippen LogP contribution in [0.2, 0.25) is 10.0 Å². The summed E-state index contributed by atoms with van der Waals surface area (Å²) >= 11 is 11.8. The molecule has 0 saturated carbocycles. The number of ether oxygens (including phenoxy) is 1. The number of halogens is 2. The van der Waals surface area contributed by atoms with Gasteiger partial charge in [0.25, 0.3) is 11.8 Å². The van der Waals surface area contributed by atoms with Crippen molar-refractivity contribution in [2.45, 2.75) is 13.0 Å². The monoisotopic (exact) mass is 364 g/mol. The fraction of sp³-hybridized carbons (Fsp3) is 0.176. The zero-order valence-electron chi connectivity index (χ0n) is 12.7. The molecular formula is C17H14Cl2N2O3. The van der Waals surface area contributed by atoms with E-state index >= 15 is 0 Å². The van der Waals surface area contributed by atoms with Gasteiger partial charge in [0, 0.05) is 11.3 Å². The Morgan fingerprint density at radius 1 is 1.25 bits per heavy atom. The highest BCUT2D eigenvalue weighted by atomic mass is 35.5. The third-order valence-corrected chi connectivity index (χ3v) is 4.39. The van der Waals surface area contributed by atoms with Crippen LogP contribution in [0.25, 0.3) is 0 Å². The summed E-state index contributed by atoms with van der Waals surface area (Å²) in [5.74, 6) is -0.205. The van der Waals surface area contributed by atoms with Gasteiger partial charge >= 0.3 is 0 Å². The Bertz CT molecular complexity index is 823. The number of nitrogens with one attached hydrogen (secondary N) is 2. The van der Waals surface area contributed by atoms with Crippen LogP contribution in [-0.2, 0) is 9.59 Å². The van der Waals surface area contributed by atoms with Gasteiger partial charge in [0.1, 0.15) is 11.8 Å². The quantitative estimate of drug-likeness (QED) is 0.856. The van der Waals surface area contributed by atoms with Crippen molar-refractivity contribution in [2.24, 2.45) is 0 Å². The van der Waals surface area contributed by atoms with Gasteiger partial charge in [-0.15, -0.1) is 0 Å². The van der Waals surface area contributed by atoms with Crippen LogP contribution in [0.4, 0.5) is 5.69 Å². The summed E-state index contributed by atoms with van der Waals surface area (Å²) in [4.78, 5) is 24.6. The molecule has 3 rings (SSSR count). The lowest BCUT2D eigenvalue weighted by Gasteiger charge is -2.18. The first-order valence-electron chi connectivity index (χ1n) is 7.23. The van der Waals surface area contributed by atoms with Crippen molar-refractivity contribution in [1.82, 2.24) is 5.32 Å². The molecule has 0 aliphatic carbocycles. The van der Waals surface area contributed by atoms with Gasteiger partial charge in [0.05, 0.1) is 10.0 Å². The number of benzene rings is 2. The van der Waals surface area contributed by atoms with Crippen molar-refractivity contribution in [3.63, 3.8) is 0 Å². The Kier molecular flexibility index (Phi) is 4.64. The van der Waals surface area contributed by atoms with E-state index in [0.717, 1.165) is 5.56 Å². The summed E-state index contributed by atoms with van der Waals surface area (Å²) < 4.78 is 5.53. The maximum atomic E-state index is 12.7. The highest BCUT2D eigenvalue weighted by molar-refractivity contribution is 6.42. The number of aryl methyl sites for hydroxylation is 1. The molecule has 0 saturated heterocycles. The predicted octanol–water partition coefficient (Wildman–Crippen LogP) is 3.49. The van der Waals surface area contributed by atoms with E-state index in [1.54, 1.807) is 24.3 Å². The van der Waals surface area contributed by atoms with E-state index in [-0.39, 0.29) is 18.4 Å². The maximum Gasteiger partial charge on any atom is 0.258 e. The van der Waals surface area contributed by atoms with Crippen molar-refractivity contribution in [2.75, 3.05) is 11.9 Å². The minimum atomic E-state index is -0.857. The van der Waals surface area contributed by atoms with Crippen LogP contribution < -0.4 is 15.4 Å². The summed E-state index contributed by atoms with van der Waals surface area (Å²) in [6, 6.07) is 9.35. The molecule has 2 amide bonds. The van der Waals surface area contributed by atoms with Gasteiger partial charge in [-0.25, -0.2) is 0 Å². The Labute approximate surface area is 148 Å². The zero-order valence-corrected chi connectivity index (χ0v) is 14.2. The average molecular weight is 365 g/mol. The molecule has 124 valence electrons. The third kappa shape index (κ3) is 3.32. The molecular weight excluding hydrogens is 351 g/mol. The fourth-order valence-electron chi connectivity index (χ4n) is 2.51. The van der Waals surface area contributed by atoms with Crippen LogP contribution >= 0.6 is 23.2 Å². The van der Waals surface area contributed by atoms with Crippen LogP contribution in [-0.4, -0.2) is 18.4 Å². The third-order valence-electron chi connectivity index (χ3n) is 3.66. The zero-order chi connectivity index (χ0) is 17.3. The van der Waals surface area contributed by atoms with Crippen LogP contribution in [0.5, 0.6) is 5.75 Å². The normalized spacial score (nSPS) is 16.5. The lowest BCUT2D eigenvalue weighted by Crippen LogP contribution is -2.37. The molecule has 7 heteroatoms. The van der Waals surface area contributed by atoms with Crippen molar-refractivity contribution in [3.05, 3.63) is 57.6 Å². The molecule has 1 atom stereocenters. The summed E-state index contributed by atoms with van der Waals surface area (Å²) in [6.07, 6.45) is 0. The molecule has 1 heterocycles. The van der Waals surface area contributed by atoms with Gasteiger partial charge in [0.2, 0.25) is 0 Å². The number of carbonyl (C=O) groups excluding carboxylic acids is 2. The van der Waals surface area contributed by atoms with E-state index in [2.05, 4.69) is 10.6 Å². The Morgan fingerprint density at radius 3 is 2.79 bits per heavy atom. The summed E-state index contributed by atoms with van der Waals surface area (Å²) in [6.45, 7) is 1.73. The Balaban J connectivity index is 1.92. The topological polar surface area (TPSA) is 67.4 Å². The van der Waals surface area contributed by atoms with E-state index in [9.17, 15) is 9.59 Å². The molecule has 2 N–H and O–H groups in total. The predicted molar refractivity (Wildman–Crippen MR) is 92.6 cm³/mol. The molecule has 5 nitrogen and oxygen atoms in total. The molecule has 1 aliphatic heterocycles. The van der Waals surface area contributed by atoms with E-state index < -0.39 is 6.04 Å². The van der Waals surface area contributed by atoms with Gasteiger partial charge < -0.3 is 15.4 Å². The average Bonchev–Trinajstić information content (AvgIpc) is 2.71. The number of hydrogen-bond donors (Lipinski definition) is 2. The lowest BCUT2D eigenvalue weighted by molar-refractivity contribution is -0.127. The van der Waals surface area contributed by atoms with E-state index in [0.29, 0.717) is 27.0 Å². The standard InChI is InChI=1S/C17H14Cl2N2O3/c1-9-3-2-4-11-15(21-14(22)8-24-16(9)11)17(23)20-10-5-6-12(18)13(19)7-10/h2-7,15H,8H2,1H3,(H,20,23)(H,21,22). The van der Waals surface area contributed by atoms with E-state index in [1.807, 2.05) is 19.1 Å². The molecule has 0 fully saturated rings. The number of para-hydroxylation sites is 1. The first kappa shape index (κ1) is 16.6. The fourth-order valence-corrected chi connectivity index (χ4v) is 2.81. The first-order valence-corrected chi connectivity index (χ1v) is 7.99. The first-order chi connectivity index (χ1) is 11.5. The van der Waals surface area contributed by atoms with E-state index in [1.165, 1.54) is 0 Å². The molecule has 2 aromatic carbocycles. The Morgan fingerprint density at radius 2 is 2.04 bits per heavy atom. The highest BCUT2D eigenvalue weighted by Gasteiger charge is 2.29. The van der Waals surface area contributed by atoms with E-state index in [4.69, 9.17) is 27.9 Å². The van der Waals surface area contributed by atoms with Gasteiger partial charge in [-0.1, -0.05) is 41.4 Å².